The van der Waals surface area contributed by atoms with Crippen molar-refractivity contribution in [1.29, 1.82) is 0 Å². The van der Waals surface area contributed by atoms with Crippen molar-refractivity contribution in [3.63, 3.8) is 0 Å². The first kappa shape index (κ1) is 15.6. The van der Waals surface area contributed by atoms with Gasteiger partial charge in [0.2, 0.25) is 0 Å². The number of rotatable bonds is 3. The van der Waals surface area contributed by atoms with Crippen molar-refractivity contribution < 1.29 is 9.13 Å². The molecule has 0 amide bonds. The predicted octanol–water partition coefficient (Wildman–Crippen LogP) is 3.17. The molecular weight excluding hydrogens is 217 g/mol. The molecular formula is C14H20FNO. The normalized spacial score (nSPS) is 12.9. The Bertz CT molecular complexity index is 371. The monoisotopic (exact) mass is 237 g/mol. The lowest BCUT2D eigenvalue weighted by Gasteiger charge is -2.22. The van der Waals surface area contributed by atoms with Gasteiger partial charge in [-0.1, -0.05) is 12.8 Å². The van der Waals surface area contributed by atoms with Crippen LogP contribution in [0.2, 0.25) is 0 Å². The van der Waals surface area contributed by atoms with Crippen molar-refractivity contribution in [2.45, 2.75) is 32.6 Å². The predicted molar refractivity (Wildman–Crippen MR) is 68.2 cm³/mol. The van der Waals surface area contributed by atoms with E-state index >= 15 is 0 Å². The van der Waals surface area contributed by atoms with E-state index in [0.717, 1.165) is 6.61 Å². The largest absolute Gasteiger partial charge is 0.385 e. The Kier molecular flexibility index (Phi) is 7.16. The lowest BCUT2D eigenvalue weighted by Crippen LogP contribution is -2.19. The molecule has 1 heterocycles. The lowest BCUT2D eigenvalue weighted by atomic mass is 9.81. The SMILES string of the molecule is C#CC(C)(CC)c1ccncc1F.CCOC. The van der Waals surface area contributed by atoms with E-state index in [2.05, 4.69) is 15.6 Å². The minimum Gasteiger partial charge on any atom is -0.385 e. The zero-order chi connectivity index (χ0) is 13.3. The van der Waals surface area contributed by atoms with Crippen LogP contribution in [-0.4, -0.2) is 18.7 Å². The molecule has 94 valence electrons. The Hall–Kier alpha value is -1.40. The summed E-state index contributed by atoms with van der Waals surface area (Å²) < 4.78 is 17.8. The summed E-state index contributed by atoms with van der Waals surface area (Å²) in [5.74, 6) is 2.29. The molecule has 2 nitrogen and oxygen atoms in total. The second kappa shape index (κ2) is 7.81. The standard InChI is InChI=1S/C11H12FN.C3H8O/c1-4-11(3,5-2)9-6-7-13-8-10(9)12;1-3-4-2/h1,6-8H,5H2,2-3H3;3H2,1-2H3. The van der Waals surface area contributed by atoms with Crippen LogP contribution in [0.15, 0.2) is 18.5 Å². The lowest BCUT2D eigenvalue weighted by molar-refractivity contribution is 0.215. The third-order valence-corrected chi connectivity index (χ3v) is 2.68. The highest BCUT2D eigenvalue weighted by Gasteiger charge is 2.24. The molecule has 0 aromatic carbocycles. The van der Waals surface area contributed by atoms with E-state index < -0.39 is 5.41 Å². The van der Waals surface area contributed by atoms with Gasteiger partial charge < -0.3 is 4.74 Å². The van der Waals surface area contributed by atoms with Crippen molar-refractivity contribution in [3.05, 3.63) is 29.8 Å². The molecule has 0 bridgehead atoms. The molecule has 1 aromatic rings. The maximum Gasteiger partial charge on any atom is 0.146 e. The molecule has 0 spiro atoms. The van der Waals surface area contributed by atoms with Crippen molar-refractivity contribution >= 4 is 0 Å². The van der Waals surface area contributed by atoms with Crippen LogP contribution < -0.4 is 0 Å². The van der Waals surface area contributed by atoms with E-state index in [1.54, 1.807) is 19.4 Å². The van der Waals surface area contributed by atoms with Crippen molar-refractivity contribution in [1.82, 2.24) is 4.98 Å². The van der Waals surface area contributed by atoms with Gasteiger partial charge >= 0.3 is 0 Å². The minimum absolute atomic E-state index is 0.329. The molecule has 1 aromatic heterocycles. The van der Waals surface area contributed by atoms with Crippen LogP contribution in [0, 0.1) is 18.2 Å². The van der Waals surface area contributed by atoms with Crippen LogP contribution in [0.1, 0.15) is 32.8 Å². The Labute approximate surface area is 103 Å². The number of nitrogens with zero attached hydrogens (tertiary/aromatic N) is 1. The number of methoxy groups -OCH3 is 1. The molecule has 3 heteroatoms. The molecule has 17 heavy (non-hydrogen) atoms. The van der Waals surface area contributed by atoms with Gasteiger partial charge in [0, 0.05) is 25.5 Å². The molecule has 1 unspecified atom stereocenters. The number of ether oxygens (including phenoxy) is 1. The molecule has 0 aliphatic rings. The van der Waals surface area contributed by atoms with Gasteiger partial charge in [-0.25, -0.2) is 4.39 Å². The maximum absolute atomic E-state index is 13.3. The second-order valence-electron chi connectivity index (χ2n) is 3.76. The van der Waals surface area contributed by atoms with Crippen LogP contribution in [0.25, 0.3) is 0 Å². The molecule has 1 rings (SSSR count). The first-order valence-corrected chi connectivity index (χ1v) is 5.62. The number of halogens is 1. The molecule has 0 aliphatic carbocycles. The smallest absolute Gasteiger partial charge is 0.146 e. The first-order chi connectivity index (χ1) is 8.05. The van der Waals surface area contributed by atoms with Gasteiger partial charge in [-0.05, 0) is 26.3 Å². The molecule has 0 N–H and O–H groups in total. The Morgan fingerprint density at radius 2 is 2.12 bits per heavy atom. The van der Waals surface area contributed by atoms with E-state index in [-0.39, 0.29) is 5.82 Å². The molecule has 0 saturated heterocycles. The van der Waals surface area contributed by atoms with E-state index in [0.29, 0.717) is 12.0 Å². The van der Waals surface area contributed by atoms with Gasteiger partial charge in [-0.3, -0.25) is 4.98 Å². The van der Waals surface area contributed by atoms with Crippen LogP contribution >= 0.6 is 0 Å². The van der Waals surface area contributed by atoms with Gasteiger partial charge in [0.15, 0.2) is 0 Å². The van der Waals surface area contributed by atoms with Crippen molar-refractivity contribution in [3.8, 4) is 12.3 Å². The van der Waals surface area contributed by atoms with Crippen LogP contribution in [0.5, 0.6) is 0 Å². The Morgan fingerprint density at radius 1 is 1.53 bits per heavy atom. The number of terminal acetylenes is 1. The minimum atomic E-state index is -0.521. The van der Waals surface area contributed by atoms with Crippen molar-refractivity contribution in [2.24, 2.45) is 0 Å². The Morgan fingerprint density at radius 3 is 2.47 bits per heavy atom. The van der Waals surface area contributed by atoms with E-state index in [1.165, 1.54) is 6.20 Å². The van der Waals surface area contributed by atoms with Crippen LogP contribution in [-0.2, 0) is 10.2 Å². The van der Waals surface area contributed by atoms with Gasteiger partial charge in [-0.2, -0.15) is 0 Å². The molecule has 0 aliphatic heterocycles. The first-order valence-electron chi connectivity index (χ1n) is 5.62. The van der Waals surface area contributed by atoms with Crippen molar-refractivity contribution in [2.75, 3.05) is 13.7 Å². The Balaban J connectivity index is 0.000000557. The molecule has 0 radical (unpaired) electrons. The zero-order valence-electron chi connectivity index (χ0n) is 11.0. The average molecular weight is 237 g/mol. The summed E-state index contributed by atoms with van der Waals surface area (Å²) in [5, 5.41) is 0. The fraction of sp³-hybridized carbons (Fsp3) is 0.500. The summed E-state index contributed by atoms with van der Waals surface area (Å²) >= 11 is 0. The number of hydrogen-bond acceptors (Lipinski definition) is 2. The summed E-state index contributed by atoms with van der Waals surface area (Å²) in [5.41, 5.74) is 0.0278. The highest BCUT2D eigenvalue weighted by atomic mass is 19.1. The fourth-order valence-corrected chi connectivity index (χ4v) is 1.19. The number of aromatic nitrogens is 1. The zero-order valence-corrected chi connectivity index (χ0v) is 11.0. The van der Waals surface area contributed by atoms with E-state index in [1.807, 2.05) is 20.8 Å². The highest BCUT2D eigenvalue weighted by molar-refractivity contribution is 5.32. The van der Waals surface area contributed by atoms with Gasteiger partial charge in [-0.15, -0.1) is 6.42 Å². The molecule has 0 saturated carbocycles. The quantitative estimate of drug-likeness (QED) is 0.753. The van der Waals surface area contributed by atoms with Crippen LogP contribution in [0.4, 0.5) is 4.39 Å². The molecule has 1 atom stereocenters. The molecule has 0 fully saturated rings. The number of pyridine rings is 1. The van der Waals surface area contributed by atoms with E-state index in [9.17, 15) is 4.39 Å². The average Bonchev–Trinajstić information content (AvgIpc) is 2.38. The second-order valence-corrected chi connectivity index (χ2v) is 3.76. The summed E-state index contributed by atoms with van der Waals surface area (Å²) in [6.45, 7) is 6.57. The van der Waals surface area contributed by atoms with E-state index in [4.69, 9.17) is 6.42 Å². The summed E-state index contributed by atoms with van der Waals surface area (Å²) in [4.78, 5) is 3.68. The fourth-order valence-electron chi connectivity index (χ4n) is 1.19. The number of hydrogen-bond donors (Lipinski definition) is 0. The highest BCUT2D eigenvalue weighted by Crippen LogP contribution is 2.27. The summed E-state index contributed by atoms with van der Waals surface area (Å²) in [6, 6.07) is 1.64. The van der Waals surface area contributed by atoms with Gasteiger partial charge in [0.25, 0.3) is 0 Å². The summed E-state index contributed by atoms with van der Waals surface area (Å²) in [7, 11) is 1.68. The maximum atomic E-state index is 13.3. The summed E-state index contributed by atoms with van der Waals surface area (Å²) in [6.07, 6.45) is 8.85. The topological polar surface area (TPSA) is 22.1 Å². The third kappa shape index (κ3) is 4.54. The third-order valence-electron chi connectivity index (χ3n) is 2.68. The van der Waals surface area contributed by atoms with Crippen LogP contribution in [0.3, 0.4) is 0 Å². The van der Waals surface area contributed by atoms with Gasteiger partial charge in [0.1, 0.15) is 5.82 Å². The van der Waals surface area contributed by atoms with Gasteiger partial charge in [0.05, 0.1) is 11.6 Å².